The van der Waals surface area contributed by atoms with Crippen LogP contribution in [-0.2, 0) is 0 Å². The average Bonchev–Trinajstić information content (AvgIpc) is 2.49. The number of hydrogen-bond acceptors (Lipinski definition) is 2. The van der Waals surface area contributed by atoms with Gasteiger partial charge in [0, 0.05) is 24.7 Å². The standard InChI is InChI=1S/C17H20N2O/c1-12-11-19(9-8-16(12)18)17(20)15-7-6-13-4-2-3-5-14(13)10-15/h2-7,10,12,16H,8-9,11,18H2,1H3. The van der Waals surface area contributed by atoms with Crippen molar-refractivity contribution < 1.29 is 4.79 Å². The van der Waals surface area contributed by atoms with E-state index in [4.69, 9.17) is 5.73 Å². The molecule has 3 rings (SSSR count). The van der Waals surface area contributed by atoms with Gasteiger partial charge in [-0.15, -0.1) is 0 Å². The second-order valence-corrected chi connectivity index (χ2v) is 5.74. The van der Waals surface area contributed by atoms with Gasteiger partial charge in [-0.3, -0.25) is 4.79 Å². The highest BCUT2D eigenvalue weighted by molar-refractivity contribution is 5.98. The summed E-state index contributed by atoms with van der Waals surface area (Å²) in [4.78, 5) is 14.5. The molecule has 2 aromatic carbocycles. The molecule has 1 aliphatic rings. The number of nitrogens with two attached hydrogens (primary N) is 1. The smallest absolute Gasteiger partial charge is 0.253 e. The van der Waals surface area contributed by atoms with E-state index in [0.29, 0.717) is 5.92 Å². The van der Waals surface area contributed by atoms with Crippen molar-refractivity contribution in [3.63, 3.8) is 0 Å². The van der Waals surface area contributed by atoms with Crippen LogP contribution in [0.4, 0.5) is 0 Å². The number of benzene rings is 2. The van der Waals surface area contributed by atoms with Crippen molar-refractivity contribution >= 4 is 16.7 Å². The maximum absolute atomic E-state index is 12.6. The molecule has 3 nitrogen and oxygen atoms in total. The van der Waals surface area contributed by atoms with Crippen LogP contribution < -0.4 is 5.73 Å². The summed E-state index contributed by atoms with van der Waals surface area (Å²) in [6, 6.07) is 14.3. The van der Waals surface area contributed by atoms with Crippen LogP contribution in [0, 0.1) is 5.92 Å². The van der Waals surface area contributed by atoms with E-state index in [9.17, 15) is 4.79 Å². The molecule has 1 saturated heterocycles. The molecule has 104 valence electrons. The normalized spacial score (nSPS) is 23.0. The second-order valence-electron chi connectivity index (χ2n) is 5.74. The van der Waals surface area contributed by atoms with Crippen molar-refractivity contribution in [1.82, 2.24) is 4.90 Å². The first-order valence-corrected chi connectivity index (χ1v) is 7.19. The molecule has 1 amide bonds. The highest BCUT2D eigenvalue weighted by Gasteiger charge is 2.26. The van der Waals surface area contributed by atoms with Crippen molar-refractivity contribution in [2.75, 3.05) is 13.1 Å². The number of likely N-dealkylation sites (tertiary alicyclic amines) is 1. The van der Waals surface area contributed by atoms with Crippen LogP contribution >= 0.6 is 0 Å². The maximum Gasteiger partial charge on any atom is 0.253 e. The van der Waals surface area contributed by atoms with Gasteiger partial charge in [0.1, 0.15) is 0 Å². The molecule has 0 aliphatic carbocycles. The molecule has 1 heterocycles. The summed E-state index contributed by atoms with van der Waals surface area (Å²) in [5, 5.41) is 2.28. The van der Waals surface area contributed by atoms with E-state index in [2.05, 4.69) is 13.0 Å². The summed E-state index contributed by atoms with van der Waals surface area (Å²) in [6.45, 7) is 3.63. The molecule has 2 N–H and O–H groups in total. The molecule has 0 bridgehead atoms. The summed E-state index contributed by atoms with van der Waals surface area (Å²) in [5.74, 6) is 0.489. The quantitative estimate of drug-likeness (QED) is 0.864. The van der Waals surface area contributed by atoms with Gasteiger partial charge < -0.3 is 10.6 Å². The Morgan fingerprint density at radius 3 is 2.70 bits per heavy atom. The Bertz CT molecular complexity index is 638. The van der Waals surface area contributed by atoms with Crippen LogP contribution in [0.25, 0.3) is 10.8 Å². The Hall–Kier alpha value is -1.87. The largest absolute Gasteiger partial charge is 0.338 e. The molecule has 2 unspecified atom stereocenters. The summed E-state index contributed by atoms with van der Waals surface area (Å²) >= 11 is 0. The number of rotatable bonds is 1. The molecule has 0 radical (unpaired) electrons. The van der Waals surface area contributed by atoms with Crippen molar-refractivity contribution in [1.29, 1.82) is 0 Å². The molecule has 1 fully saturated rings. The maximum atomic E-state index is 12.6. The van der Waals surface area contributed by atoms with E-state index in [1.54, 1.807) is 0 Å². The zero-order chi connectivity index (χ0) is 14.1. The number of piperidine rings is 1. The van der Waals surface area contributed by atoms with E-state index in [-0.39, 0.29) is 11.9 Å². The monoisotopic (exact) mass is 268 g/mol. The summed E-state index contributed by atoms with van der Waals surface area (Å²) in [5.41, 5.74) is 6.79. The lowest BCUT2D eigenvalue weighted by atomic mass is 9.94. The van der Waals surface area contributed by atoms with Crippen molar-refractivity contribution in [3.8, 4) is 0 Å². The molecule has 0 spiro atoms. The minimum atomic E-state index is 0.120. The molecule has 3 heteroatoms. The number of carbonyl (C=O) groups excluding carboxylic acids is 1. The van der Waals surface area contributed by atoms with E-state index in [1.807, 2.05) is 41.3 Å². The lowest BCUT2D eigenvalue weighted by molar-refractivity contribution is 0.0664. The van der Waals surface area contributed by atoms with Crippen molar-refractivity contribution in [2.45, 2.75) is 19.4 Å². The number of carbonyl (C=O) groups is 1. The van der Waals surface area contributed by atoms with Crippen molar-refractivity contribution in [2.24, 2.45) is 11.7 Å². The average molecular weight is 268 g/mol. The molecule has 2 aromatic rings. The van der Waals surface area contributed by atoms with E-state index < -0.39 is 0 Å². The highest BCUT2D eigenvalue weighted by atomic mass is 16.2. The van der Waals surface area contributed by atoms with Gasteiger partial charge in [-0.25, -0.2) is 0 Å². The molecular weight excluding hydrogens is 248 g/mol. The zero-order valence-electron chi connectivity index (χ0n) is 11.8. The third kappa shape index (κ3) is 2.41. The third-order valence-electron chi connectivity index (χ3n) is 4.26. The van der Waals surface area contributed by atoms with Gasteiger partial charge >= 0.3 is 0 Å². The zero-order valence-corrected chi connectivity index (χ0v) is 11.8. The lowest BCUT2D eigenvalue weighted by Gasteiger charge is -2.35. The Labute approximate surface area is 119 Å². The first kappa shape index (κ1) is 13.1. The van der Waals surface area contributed by atoms with Gasteiger partial charge in [-0.1, -0.05) is 37.3 Å². The first-order chi connectivity index (χ1) is 9.65. The predicted octanol–water partition coefficient (Wildman–Crippen LogP) is 2.65. The lowest BCUT2D eigenvalue weighted by Crippen LogP contribution is -2.48. The minimum absolute atomic E-state index is 0.120. The van der Waals surface area contributed by atoms with Gasteiger partial charge in [-0.05, 0) is 35.2 Å². The van der Waals surface area contributed by atoms with E-state index in [0.717, 1.165) is 35.8 Å². The van der Waals surface area contributed by atoms with Crippen LogP contribution in [0.5, 0.6) is 0 Å². The fraction of sp³-hybridized carbons (Fsp3) is 0.353. The Kier molecular flexibility index (Phi) is 3.45. The molecular formula is C17H20N2O. The Balaban J connectivity index is 1.85. The third-order valence-corrected chi connectivity index (χ3v) is 4.26. The van der Waals surface area contributed by atoms with Gasteiger partial charge in [0.2, 0.25) is 0 Å². The van der Waals surface area contributed by atoms with Gasteiger partial charge in [0.25, 0.3) is 5.91 Å². The molecule has 2 atom stereocenters. The topological polar surface area (TPSA) is 46.3 Å². The van der Waals surface area contributed by atoms with Crippen LogP contribution in [0.1, 0.15) is 23.7 Å². The molecule has 0 saturated carbocycles. The summed E-state index contributed by atoms with van der Waals surface area (Å²) < 4.78 is 0. The van der Waals surface area contributed by atoms with Crippen LogP contribution in [0.2, 0.25) is 0 Å². The molecule has 20 heavy (non-hydrogen) atoms. The number of nitrogens with zero attached hydrogens (tertiary/aromatic N) is 1. The number of fused-ring (bicyclic) bond motifs is 1. The predicted molar refractivity (Wildman–Crippen MR) is 81.6 cm³/mol. The molecule has 0 aromatic heterocycles. The van der Waals surface area contributed by atoms with E-state index in [1.165, 1.54) is 0 Å². The fourth-order valence-corrected chi connectivity index (χ4v) is 2.85. The highest BCUT2D eigenvalue weighted by Crippen LogP contribution is 2.20. The van der Waals surface area contributed by atoms with Crippen LogP contribution in [0.3, 0.4) is 0 Å². The Morgan fingerprint density at radius 1 is 1.20 bits per heavy atom. The van der Waals surface area contributed by atoms with Crippen molar-refractivity contribution in [3.05, 3.63) is 48.0 Å². The minimum Gasteiger partial charge on any atom is -0.338 e. The van der Waals surface area contributed by atoms with E-state index >= 15 is 0 Å². The second kappa shape index (κ2) is 5.25. The number of amides is 1. The summed E-state index contributed by atoms with van der Waals surface area (Å²) in [7, 11) is 0. The van der Waals surface area contributed by atoms with Gasteiger partial charge in [-0.2, -0.15) is 0 Å². The summed E-state index contributed by atoms with van der Waals surface area (Å²) in [6.07, 6.45) is 0.889. The van der Waals surface area contributed by atoms with Gasteiger partial charge in [0.15, 0.2) is 0 Å². The fourth-order valence-electron chi connectivity index (χ4n) is 2.85. The van der Waals surface area contributed by atoms with Crippen LogP contribution in [0.15, 0.2) is 42.5 Å². The Morgan fingerprint density at radius 2 is 1.95 bits per heavy atom. The first-order valence-electron chi connectivity index (χ1n) is 7.19. The number of hydrogen-bond donors (Lipinski definition) is 1. The molecule has 1 aliphatic heterocycles. The SMILES string of the molecule is CC1CN(C(=O)c2ccc3ccccc3c2)CCC1N. The van der Waals surface area contributed by atoms with Crippen LogP contribution in [-0.4, -0.2) is 29.9 Å². The van der Waals surface area contributed by atoms with Gasteiger partial charge in [0.05, 0.1) is 0 Å².